The predicted octanol–water partition coefficient (Wildman–Crippen LogP) is -0.0793. The van der Waals surface area contributed by atoms with Crippen LogP contribution in [0.3, 0.4) is 0 Å². The van der Waals surface area contributed by atoms with E-state index in [-0.39, 0.29) is 5.91 Å². The van der Waals surface area contributed by atoms with Crippen molar-refractivity contribution in [3.63, 3.8) is 0 Å². The summed E-state index contributed by atoms with van der Waals surface area (Å²) >= 11 is 0. The van der Waals surface area contributed by atoms with Gasteiger partial charge in [-0.3, -0.25) is 4.79 Å². The number of carbonyl (C=O) groups excluding carboxylic acids is 1. The Bertz CT molecular complexity index is 389. The molecule has 0 unspecified atom stereocenters. The van der Waals surface area contributed by atoms with Crippen LogP contribution in [0.5, 0.6) is 5.75 Å². The second-order valence-corrected chi connectivity index (χ2v) is 3.84. The third-order valence-electron chi connectivity index (χ3n) is 2.73. The molecule has 0 bridgehead atoms. The Morgan fingerprint density at radius 1 is 1.47 bits per heavy atom. The van der Waals surface area contributed by atoms with Crippen LogP contribution in [-0.2, 0) is 0 Å². The maximum absolute atomic E-state index is 12.3. The summed E-state index contributed by atoms with van der Waals surface area (Å²) in [6, 6.07) is 0. The minimum Gasteiger partial charge on any atom is -0.493 e. The van der Waals surface area contributed by atoms with E-state index in [1.807, 2.05) is 0 Å². The Labute approximate surface area is 100 Å². The van der Waals surface area contributed by atoms with Crippen LogP contribution in [0.15, 0.2) is 12.5 Å². The zero-order valence-electron chi connectivity index (χ0n) is 9.85. The first-order valence-corrected chi connectivity index (χ1v) is 5.67. The predicted molar refractivity (Wildman–Crippen MR) is 62.0 cm³/mol. The van der Waals surface area contributed by atoms with Crippen molar-refractivity contribution >= 4 is 5.91 Å². The van der Waals surface area contributed by atoms with Gasteiger partial charge in [-0.1, -0.05) is 0 Å². The highest BCUT2D eigenvalue weighted by Crippen LogP contribution is 2.15. The summed E-state index contributed by atoms with van der Waals surface area (Å²) in [6.07, 6.45) is 3.83. The van der Waals surface area contributed by atoms with Crippen molar-refractivity contribution in [2.24, 2.45) is 0 Å². The second kappa shape index (κ2) is 5.58. The first-order valence-electron chi connectivity index (χ1n) is 5.67. The van der Waals surface area contributed by atoms with Crippen molar-refractivity contribution in [1.29, 1.82) is 0 Å². The highest BCUT2D eigenvalue weighted by molar-refractivity contribution is 5.94. The van der Waals surface area contributed by atoms with E-state index in [0.29, 0.717) is 18.0 Å². The lowest BCUT2D eigenvalue weighted by molar-refractivity contribution is 0.0756. The van der Waals surface area contributed by atoms with Crippen LogP contribution in [0.25, 0.3) is 0 Å². The molecule has 1 fully saturated rings. The topological polar surface area (TPSA) is 67.4 Å². The molecule has 1 saturated heterocycles. The maximum atomic E-state index is 12.3. The normalized spacial score (nSPS) is 16.4. The van der Waals surface area contributed by atoms with Gasteiger partial charge in [0.05, 0.1) is 13.3 Å². The molecule has 6 heteroatoms. The molecule has 0 radical (unpaired) electrons. The van der Waals surface area contributed by atoms with Gasteiger partial charge in [-0.15, -0.1) is 0 Å². The summed E-state index contributed by atoms with van der Waals surface area (Å²) in [6.45, 7) is 3.22. The molecule has 92 valence electrons. The van der Waals surface area contributed by atoms with Crippen molar-refractivity contribution in [2.45, 2.75) is 6.42 Å². The number of rotatable bonds is 2. The van der Waals surface area contributed by atoms with Crippen LogP contribution in [0.1, 0.15) is 16.9 Å². The van der Waals surface area contributed by atoms with Gasteiger partial charge in [0.1, 0.15) is 6.33 Å². The largest absolute Gasteiger partial charge is 0.493 e. The molecule has 1 amide bonds. The molecule has 2 heterocycles. The third-order valence-corrected chi connectivity index (χ3v) is 2.73. The van der Waals surface area contributed by atoms with E-state index in [1.54, 1.807) is 4.90 Å². The summed E-state index contributed by atoms with van der Waals surface area (Å²) in [5, 5.41) is 3.25. The fourth-order valence-electron chi connectivity index (χ4n) is 1.83. The fraction of sp³-hybridized carbons (Fsp3) is 0.545. The molecule has 1 aromatic rings. The first-order chi connectivity index (χ1) is 8.33. The number of ether oxygens (including phenoxy) is 1. The summed E-state index contributed by atoms with van der Waals surface area (Å²) in [5.74, 6) is 0.336. The van der Waals surface area contributed by atoms with E-state index >= 15 is 0 Å². The molecule has 1 aromatic heterocycles. The number of hydrogen-bond acceptors (Lipinski definition) is 5. The number of nitrogens with one attached hydrogen (secondary N) is 1. The molecule has 2 rings (SSSR count). The molecule has 0 spiro atoms. The number of nitrogens with zero attached hydrogens (tertiary/aromatic N) is 3. The first kappa shape index (κ1) is 11.8. The molecule has 6 nitrogen and oxygen atoms in total. The van der Waals surface area contributed by atoms with E-state index in [9.17, 15) is 4.79 Å². The van der Waals surface area contributed by atoms with Gasteiger partial charge >= 0.3 is 0 Å². The van der Waals surface area contributed by atoms with Gasteiger partial charge in [0.2, 0.25) is 0 Å². The molecule has 0 saturated carbocycles. The number of methoxy groups -OCH3 is 1. The van der Waals surface area contributed by atoms with Crippen LogP contribution in [-0.4, -0.2) is 54.1 Å². The molecule has 1 N–H and O–H groups in total. The van der Waals surface area contributed by atoms with Crippen LogP contribution in [0.4, 0.5) is 0 Å². The molecule has 17 heavy (non-hydrogen) atoms. The second-order valence-electron chi connectivity index (χ2n) is 3.84. The quantitative estimate of drug-likeness (QED) is 0.778. The van der Waals surface area contributed by atoms with Crippen molar-refractivity contribution in [1.82, 2.24) is 20.2 Å². The van der Waals surface area contributed by atoms with E-state index in [0.717, 1.165) is 26.1 Å². The van der Waals surface area contributed by atoms with Crippen LogP contribution in [0.2, 0.25) is 0 Å². The number of carbonyl (C=O) groups is 1. The Hall–Kier alpha value is -1.69. The minimum atomic E-state index is -0.0899. The van der Waals surface area contributed by atoms with Crippen molar-refractivity contribution in [3.05, 3.63) is 18.2 Å². The minimum absolute atomic E-state index is 0.0899. The van der Waals surface area contributed by atoms with Crippen LogP contribution in [0, 0.1) is 0 Å². The Balaban J connectivity index is 2.17. The smallest absolute Gasteiger partial charge is 0.276 e. The van der Waals surface area contributed by atoms with Gasteiger partial charge < -0.3 is 15.0 Å². The van der Waals surface area contributed by atoms with E-state index in [1.165, 1.54) is 19.6 Å². The molecular weight excluding hydrogens is 220 g/mol. The summed E-state index contributed by atoms with van der Waals surface area (Å²) < 4.78 is 5.10. The Morgan fingerprint density at radius 2 is 2.35 bits per heavy atom. The standard InChI is InChI=1S/C11H16N4O2/c1-17-9-7-13-8-14-10(9)11(16)15-5-2-3-12-4-6-15/h7-8,12H,2-6H2,1H3. The molecule has 1 aliphatic rings. The SMILES string of the molecule is COc1cncnc1C(=O)N1CCCNCC1. The lowest BCUT2D eigenvalue weighted by atomic mass is 10.3. The van der Waals surface area contributed by atoms with Crippen molar-refractivity contribution in [2.75, 3.05) is 33.3 Å². The average molecular weight is 236 g/mol. The van der Waals surface area contributed by atoms with Gasteiger partial charge in [-0.2, -0.15) is 0 Å². The highest BCUT2D eigenvalue weighted by Gasteiger charge is 2.21. The number of aromatic nitrogens is 2. The number of amides is 1. The maximum Gasteiger partial charge on any atom is 0.276 e. The summed E-state index contributed by atoms with van der Waals surface area (Å²) in [5.41, 5.74) is 0.337. The van der Waals surface area contributed by atoms with Crippen molar-refractivity contribution < 1.29 is 9.53 Å². The molecule has 0 atom stereocenters. The Morgan fingerprint density at radius 3 is 3.18 bits per heavy atom. The van der Waals surface area contributed by atoms with E-state index < -0.39 is 0 Å². The molecule has 0 aliphatic carbocycles. The van der Waals surface area contributed by atoms with Gasteiger partial charge in [0, 0.05) is 19.6 Å². The fourth-order valence-corrected chi connectivity index (χ4v) is 1.83. The zero-order valence-corrected chi connectivity index (χ0v) is 9.85. The van der Waals surface area contributed by atoms with Gasteiger partial charge in [-0.25, -0.2) is 9.97 Å². The van der Waals surface area contributed by atoms with Gasteiger partial charge in [-0.05, 0) is 13.0 Å². The molecule has 0 aromatic carbocycles. The average Bonchev–Trinajstić information content (AvgIpc) is 2.66. The monoisotopic (exact) mass is 236 g/mol. The van der Waals surface area contributed by atoms with Crippen LogP contribution < -0.4 is 10.1 Å². The molecular formula is C11H16N4O2. The van der Waals surface area contributed by atoms with E-state index in [2.05, 4.69) is 15.3 Å². The third kappa shape index (κ3) is 2.71. The van der Waals surface area contributed by atoms with Gasteiger partial charge in [0.25, 0.3) is 5.91 Å². The van der Waals surface area contributed by atoms with Gasteiger partial charge in [0.15, 0.2) is 11.4 Å². The molecule has 1 aliphatic heterocycles. The lowest BCUT2D eigenvalue weighted by Crippen LogP contribution is -2.34. The van der Waals surface area contributed by atoms with Crippen LogP contribution >= 0.6 is 0 Å². The summed E-state index contributed by atoms with van der Waals surface area (Å²) in [4.78, 5) is 21.9. The van der Waals surface area contributed by atoms with E-state index in [4.69, 9.17) is 4.74 Å². The lowest BCUT2D eigenvalue weighted by Gasteiger charge is -2.20. The number of hydrogen-bond donors (Lipinski definition) is 1. The van der Waals surface area contributed by atoms with Crippen molar-refractivity contribution in [3.8, 4) is 5.75 Å². The summed E-state index contributed by atoms with van der Waals surface area (Å²) in [7, 11) is 1.51. The highest BCUT2D eigenvalue weighted by atomic mass is 16.5. The Kier molecular flexibility index (Phi) is 3.87. The zero-order chi connectivity index (χ0) is 12.1.